The van der Waals surface area contributed by atoms with E-state index in [9.17, 15) is 4.79 Å². The van der Waals surface area contributed by atoms with Crippen LogP contribution in [0, 0.1) is 6.92 Å². The van der Waals surface area contributed by atoms with Crippen LogP contribution >= 0.6 is 0 Å². The molecule has 0 atom stereocenters. The number of amides is 1. The van der Waals surface area contributed by atoms with Crippen molar-refractivity contribution in [3.8, 4) is 11.5 Å². The first-order valence-electron chi connectivity index (χ1n) is 10.1. The minimum Gasteiger partial charge on any atom is -0.487 e. The molecule has 0 aliphatic heterocycles. The Morgan fingerprint density at radius 2 is 1.83 bits per heavy atom. The van der Waals surface area contributed by atoms with Crippen molar-refractivity contribution in [2.24, 2.45) is 0 Å². The fourth-order valence-electron chi connectivity index (χ4n) is 3.17. The smallest absolute Gasteiger partial charge is 0.258 e. The number of aromatic nitrogens is 1. The summed E-state index contributed by atoms with van der Waals surface area (Å²) >= 11 is 0. The van der Waals surface area contributed by atoms with Crippen molar-refractivity contribution < 1.29 is 14.3 Å². The molecule has 1 amide bonds. The Morgan fingerprint density at radius 3 is 2.57 bits per heavy atom. The zero-order valence-electron chi connectivity index (χ0n) is 17.7. The lowest BCUT2D eigenvalue weighted by molar-refractivity contribution is -0.123. The Balaban J connectivity index is 1.46. The van der Waals surface area contributed by atoms with Gasteiger partial charge in [-0.2, -0.15) is 0 Å². The van der Waals surface area contributed by atoms with Gasteiger partial charge in [0, 0.05) is 12.7 Å². The second-order valence-electron chi connectivity index (χ2n) is 7.50. The van der Waals surface area contributed by atoms with Crippen LogP contribution in [0.15, 0.2) is 66.9 Å². The average molecular weight is 405 g/mol. The summed E-state index contributed by atoms with van der Waals surface area (Å²) in [5, 5.41) is 2.88. The molecule has 1 N–H and O–H groups in total. The number of aryl methyl sites for hydroxylation is 1. The summed E-state index contributed by atoms with van der Waals surface area (Å²) in [6.07, 6.45) is 1.74. The maximum absolute atomic E-state index is 12.2. The van der Waals surface area contributed by atoms with Crippen LogP contribution < -0.4 is 14.8 Å². The van der Waals surface area contributed by atoms with Crippen molar-refractivity contribution >= 4 is 5.91 Å². The monoisotopic (exact) mass is 404 g/mol. The van der Waals surface area contributed by atoms with Crippen molar-refractivity contribution in [3.63, 3.8) is 0 Å². The Morgan fingerprint density at radius 1 is 1.00 bits per heavy atom. The van der Waals surface area contributed by atoms with E-state index in [0.29, 0.717) is 24.8 Å². The zero-order chi connectivity index (χ0) is 21.3. The number of rotatable bonds is 9. The minimum atomic E-state index is -0.166. The summed E-state index contributed by atoms with van der Waals surface area (Å²) in [5.41, 5.74) is 4.28. The molecule has 0 bridgehead atoms. The van der Waals surface area contributed by atoms with E-state index in [-0.39, 0.29) is 12.5 Å². The molecule has 0 saturated heterocycles. The third-order valence-electron chi connectivity index (χ3n) is 4.73. The fourth-order valence-corrected chi connectivity index (χ4v) is 3.17. The van der Waals surface area contributed by atoms with E-state index in [1.807, 2.05) is 54.6 Å². The van der Waals surface area contributed by atoms with E-state index in [1.165, 1.54) is 11.1 Å². The first-order valence-corrected chi connectivity index (χ1v) is 10.1. The van der Waals surface area contributed by atoms with Gasteiger partial charge in [0.05, 0.1) is 5.69 Å². The second-order valence-corrected chi connectivity index (χ2v) is 7.50. The molecule has 0 radical (unpaired) electrons. The fraction of sp³-hybridized carbons (Fsp3) is 0.280. The Bertz CT molecular complexity index is 971. The molecule has 0 fully saturated rings. The minimum absolute atomic E-state index is 0.0175. The lowest BCUT2D eigenvalue weighted by Gasteiger charge is -2.13. The Kier molecular flexibility index (Phi) is 7.44. The van der Waals surface area contributed by atoms with Gasteiger partial charge in [-0.25, -0.2) is 0 Å². The second kappa shape index (κ2) is 10.4. The van der Waals surface area contributed by atoms with Crippen LogP contribution in [0.3, 0.4) is 0 Å². The van der Waals surface area contributed by atoms with Gasteiger partial charge < -0.3 is 14.8 Å². The highest BCUT2D eigenvalue weighted by atomic mass is 16.5. The van der Waals surface area contributed by atoms with E-state index in [2.05, 4.69) is 37.1 Å². The average Bonchev–Trinajstić information content (AvgIpc) is 2.75. The quantitative estimate of drug-likeness (QED) is 0.557. The number of pyridine rings is 1. The summed E-state index contributed by atoms with van der Waals surface area (Å²) in [7, 11) is 0. The first-order chi connectivity index (χ1) is 14.5. The summed E-state index contributed by atoms with van der Waals surface area (Å²) in [4.78, 5) is 16.4. The van der Waals surface area contributed by atoms with Crippen LogP contribution in [0.5, 0.6) is 11.5 Å². The maximum Gasteiger partial charge on any atom is 0.258 e. The molecule has 1 aromatic heterocycles. The molecule has 0 unspecified atom stereocenters. The number of hydrogen-bond acceptors (Lipinski definition) is 4. The van der Waals surface area contributed by atoms with Crippen LogP contribution in [0.2, 0.25) is 0 Å². The van der Waals surface area contributed by atoms with Gasteiger partial charge in [0.2, 0.25) is 0 Å². The summed E-state index contributed by atoms with van der Waals surface area (Å²) in [6.45, 7) is 7.18. The van der Waals surface area contributed by atoms with E-state index < -0.39 is 0 Å². The highest BCUT2D eigenvalue weighted by molar-refractivity contribution is 5.77. The predicted octanol–water partition coefficient (Wildman–Crippen LogP) is 4.79. The van der Waals surface area contributed by atoms with Crippen LogP contribution in [0.25, 0.3) is 0 Å². The van der Waals surface area contributed by atoms with Gasteiger partial charge in [-0.15, -0.1) is 0 Å². The topological polar surface area (TPSA) is 60.5 Å². The lowest BCUT2D eigenvalue weighted by Crippen LogP contribution is -2.28. The summed E-state index contributed by atoms with van der Waals surface area (Å²) < 4.78 is 11.4. The standard InChI is InChI=1S/C25H28N2O3/c1-18(2)24-11-10-23(13-19(24)3)30-17-25(28)27-15-20-7-6-9-22(14-20)29-16-21-8-4-5-12-26-21/h4-14,18H,15-17H2,1-3H3,(H,27,28). The molecule has 3 aromatic rings. The first kappa shape index (κ1) is 21.4. The van der Waals surface area contributed by atoms with Crippen molar-refractivity contribution in [2.45, 2.75) is 39.8 Å². The molecule has 0 aliphatic rings. The third kappa shape index (κ3) is 6.34. The molecule has 5 heteroatoms. The van der Waals surface area contributed by atoms with Crippen molar-refractivity contribution in [1.29, 1.82) is 0 Å². The van der Waals surface area contributed by atoms with E-state index in [0.717, 1.165) is 17.0 Å². The lowest BCUT2D eigenvalue weighted by atomic mass is 9.98. The van der Waals surface area contributed by atoms with Crippen LogP contribution in [0.1, 0.15) is 42.1 Å². The molecular formula is C25H28N2O3. The molecule has 2 aromatic carbocycles. The van der Waals surface area contributed by atoms with Gasteiger partial charge in [0.1, 0.15) is 18.1 Å². The largest absolute Gasteiger partial charge is 0.487 e. The van der Waals surface area contributed by atoms with Crippen molar-refractivity contribution in [2.75, 3.05) is 6.61 Å². The molecule has 0 aliphatic carbocycles. The van der Waals surface area contributed by atoms with E-state index >= 15 is 0 Å². The van der Waals surface area contributed by atoms with Crippen molar-refractivity contribution in [3.05, 3.63) is 89.2 Å². The highest BCUT2D eigenvalue weighted by Gasteiger charge is 2.07. The van der Waals surface area contributed by atoms with Crippen LogP contribution in [-0.4, -0.2) is 17.5 Å². The van der Waals surface area contributed by atoms with Gasteiger partial charge in [-0.05, 0) is 65.9 Å². The van der Waals surface area contributed by atoms with Crippen LogP contribution in [-0.2, 0) is 17.9 Å². The Hall–Kier alpha value is -3.34. The molecule has 30 heavy (non-hydrogen) atoms. The third-order valence-corrected chi connectivity index (χ3v) is 4.73. The van der Waals surface area contributed by atoms with E-state index in [1.54, 1.807) is 6.20 Å². The zero-order valence-corrected chi connectivity index (χ0v) is 17.7. The van der Waals surface area contributed by atoms with Crippen molar-refractivity contribution in [1.82, 2.24) is 10.3 Å². The molecule has 5 nitrogen and oxygen atoms in total. The van der Waals surface area contributed by atoms with Gasteiger partial charge in [0.25, 0.3) is 5.91 Å². The molecule has 156 valence electrons. The number of benzene rings is 2. The molecule has 0 spiro atoms. The van der Waals surface area contributed by atoms with Gasteiger partial charge in [0.15, 0.2) is 6.61 Å². The molecular weight excluding hydrogens is 376 g/mol. The molecule has 0 saturated carbocycles. The summed E-state index contributed by atoms with van der Waals surface area (Å²) in [6, 6.07) is 19.3. The maximum atomic E-state index is 12.2. The number of nitrogens with one attached hydrogen (secondary N) is 1. The highest BCUT2D eigenvalue weighted by Crippen LogP contribution is 2.23. The van der Waals surface area contributed by atoms with E-state index in [4.69, 9.17) is 9.47 Å². The van der Waals surface area contributed by atoms with Crippen LogP contribution in [0.4, 0.5) is 0 Å². The van der Waals surface area contributed by atoms with Gasteiger partial charge in [-0.1, -0.05) is 38.1 Å². The molecule has 1 heterocycles. The number of hydrogen-bond donors (Lipinski definition) is 1. The van der Waals surface area contributed by atoms with Gasteiger partial charge >= 0.3 is 0 Å². The SMILES string of the molecule is Cc1cc(OCC(=O)NCc2cccc(OCc3ccccn3)c2)ccc1C(C)C. The molecule has 3 rings (SSSR count). The number of ether oxygens (including phenoxy) is 2. The number of carbonyl (C=O) groups is 1. The summed E-state index contributed by atoms with van der Waals surface area (Å²) in [5.74, 6) is 1.74. The normalized spacial score (nSPS) is 10.7. The van der Waals surface area contributed by atoms with Gasteiger partial charge in [-0.3, -0.25) is 9.78 Å². The number of nitrogens with zero attached hydrogens (tertiary/aromatic N) is 1. The predicted molar refractivity (Wildman–Crippen MR) is 118 cm³/mol. The number of carbonyl (C=O) groups excluding carboxylic acids is 1. The Labute approximate surface area is 178 Å².